The quantitative estimate of drug-likeness (QED) is 0.606. The first-order chi connectivity index (χ1) is 16.2. The molecule has 0 aliphatic carbocycles. The van der Waals surface area contributed by atoms with Gasteiger partial charge in [0, 0.05) is 37.2 Å². The molecule has 7 heteroatoms. The maximum atomic E-state index is 12.8. The molecule has 2 N–H and O–H groups in total. The van der Waals surface area contributed by atoms with E-state index >= 15 is 0 Å². The molecule has 2 aliphatic rings. The third kappa shape index (κ3) is 4.62. The minimum absolute atomic E-state index is 0.0283. The molecule has 2 heterocycles. The van der Waals surface area contributed by atoms with E-state index in [1.54, 1.807) is 4.90 Å². The van der Waals surface area contributed by atoms with Crippen LogP contribution in [0.5, 0.6) is 11.5 Å². The van der Waals surface area contributed by atoms with Crippen molar-refractivity contribution in [3.8, 4) is 11.5 Å². The molecule has 0 aromatic heterocycles. The molecule has 168 valence electrons. The topological polar surface area (TPSA) is 79.9 Å². The molecule has 1 atom stereocenters. The lowest BCUT2D eigenvalue weighted by Crippen LogP contribution is -2.41. The van der Waals surface area contributed by atoms with Gasteiger partial charge in [0.05, 0.1) is 6.04 Å². The fraction of sp³-hybridized carbons (Fsp3) is 0.231. The molecule has 0 radical (unpaired) electrons. The largest absolute Gasteiger partial charge is 0.454 e. The number of hydrogen-bond donors (Lipinski definition) is 2. The number of carbonyl (C=O) groups excluding carboxylic acids is 2. The highest BCUT2D eigenvalue weighted by Gasteiger charge is 2.32. The summed E-state index contributed by atoms with van der Waals surface area (Å²) in [5, 5.41) is 6.03. The Morgan fingerprint density at radius 3 is 2.30 bits per heavy atom. The van der Waals surface area contributed by atoms with E-state index in [4.69, 9.17) is 9.47 Å². The molecule has 2 aliphatic heterocycles. The second kappa shape index (κ2) is 9.24. The van der Waals surface area contributed by atoms with Gasteiger partial charge in [-0.1, -0.05) is 60.7 Å². The normalized spacial score (nSPS) is 16.8. The zero-order chi connectivity index (χ0) is 22.6. The number of ether oxygens (including phenoxy) is 2. The van der Waals surface area contributed by atoms with Gasteiger partial charge in [0.15, 0.2) is 11.5 Å². The molecule has 33 heavy (non-hydrogen) atoms. The molecule has 5 rings (SSSR count). The van der Waals surface area contributed by atoms with Gasteiger partial charge in [-0.2, -0.15) is 0 Å². The summed E-state index contributed by atoms with van der Waals surface area (Å²) in [6, 6.07) is 24.7. The van der Waals surface area contributed by atoms with Gasteiger partial charge in [-0.3, -0.25) is 4.79 Å². The van der Waals surface area contributed by atoms with E-state index in [2.05, 4.69) is 10.6 Å². The summed E-state index contributed by atoms with van der Waals surface area (Å²) in [6.07, 6.45) is 0.384. The van der Waals surface area contributed by atoms with E-state index < -0.39 is 0 Å². The highest BCUT2D eigenvalue weighted by molar-refractivity contribution is 5.96. The highest BCUT2D eigenvalue weighted by Crippen LogP contribution is 2.37. The lowest BCUT2D eigenvalue weighted by molar-refractivity contribution is -0.117. The zero-order valence-electron chi connectivity index (χ0n) is 18.1. The molecule has 0 saturated carbocycles. The molecule has 0 bridgehead atoms. The van der Waals surface area contributed by atoms with E-state index in [1.165, 1.54) is 0 Å². The smallest absolute Gasteiger partial charge is 0.315 e. The van der Waals surface area contributed by atoms with E-state index in [9.17, 15) is 9.59 Å². The highest BCUT2D eigenvalue weighted by atomic mass is 16.7. The van der Waals surface area contributed by atoms with Crippen LogP contribution in [0.15, 0.2) is 78.9 Å². The molecule has 0 spiro atoms. The number of urea groups is 1. The first-order valence-corrected chi connectivity index (χ1v) is 11.0. The first kappa shape index (κ1) is 20.9. The monoisotopic (exact) mass is 443 g/mol. The first-order valence-electron chi connectivity index (χ1n) is 11.0. The second-order valence-electron chi connectivity index (χ2n) is 8.22. The number of fused-ring (bicyclic) bond motifs is 1. The average Bonchev–Trinajstić information content (AvgIpc) is 3.48. The zero-order valence-corrected chi connectivity index (χ0v) is 18.1. The molecule has 3 amide bonds. The van der Waals surface area contributed by atoms with Gasteiger partial charge in [-0.15, -0.1) is 0 Å². The van der Waals surface area contributed by atoms with Crippen LogP contribution in [0.2, 0.25) is 0 Å². The number of rotatable bonds is 6. The molecule has 1 fully saturated rings. The third-order valence-electron chi connectivity index (χ3n) is 5.97. The predicted octanol–water partition coefficient (Wildman–Crippen LogP) is 3.86. The van der Waals surface area contributed by atoms with E-state index in [-0.39, 0.29) is 30.7 Å². The Balaban J connectivity index is 1.20. The van der Waals surface area contributed by atoms with Crippen molar-refractivity contribution < 1.29 is 19.1 Å². The number of nitrogens with zero attached hydrogens (tertiary/aromatic N) is 1. The SMILES string of the molecule is O=C(NCC1CC(=O)N(c2ccc3c(c2)OCO3)C1)NC(c1ccccc1)c1ccccc1. The summed E-state index contributed by atoms with van der Waals surface area (Å²) < 4.78 is 10.8. The van der Waals surface area contributed by atoms with Crippen LogP contribution in [0.3, 0.4) is 0 Å². The van der Waals surface area contributed by atoms with Gasteiger partial charge >= 0.3 is 6.03 Å². The number of hydrogen-bond acceptors (Lipinski definition) is 4. The Kier molecular flexibility index (Phi) is 5.85. The fourth-order valence-electron chi connectivity index (χ4n) is 4.29. The van der Waals surface area contributed by atoms with Crippen LogP contribution >= 0.6 is 0 Å². The van der Waals surface area contributed by atoms with Gasteiger partial charge in [-0.25, -0.2) is 4.79 Å². The Bertz CT molecular complexity index is 1100. The van der Waals surface area contributed by atoms with Crippen LogP contribution in [0.4, 0.5) is 10.5 Å². The number of carbonyl (C=O) groups is 2. The van der Waals surface area contributed by atoms with Gasteiger partial charge < -0.3 is 25.0 Å². The standard InChI is InChI=1S/C26H25N3O4/c30-24-13-18(16-29(24)21-11-12-22-23(14-21)33-17-32-22)15-27-26(31)28-25(19-7-3-1-4-8-19)20-9-5-2-6-10-20/h1-12,14,18,25H,13,15-17H2,(H2,27,28,31). The van der Waals surface area contributed by atoms with Crippen molar-refractivity contribution in [3.05, 3.63) is 90.0 Å². The summed E-state index contributed by atoms with van der Waals surface area (Å²) in [6.45, 7) is 1.15. The number of nitrogens with one attached hydrogen (secondary N) is 2. The van der Waals surface area contributed by atoms with Gasteiger partial charge in [0.2, 0.25) is 12.7 Å². The Labute approximate surface area is 192 Å². The fourth-order valence-corrected chi connectivity index (χ4v) is 4.29. The van der Waals surface area contributed by atoms with Crippen molar-refractivity contribution in [2.24, 2.45) is 5.92 Å². The van der Waals surface area contributed by atoms with Crippen molar-refractivity contribution in [2.75, 3.05) is 24.8 Å². The van der Waals surface area contributed by atoms with E-state index in [0.29, 0.717) is 31.0 Å². The van der Waals surface area contributed by atoms with Crippen LogP contribution in [-0.2, 0) is 4.79 Å². The Morgan fingerprint density at radius 1 is 0.939 bits per heavy atom. The number of amides is 3. The summed E-state index contributed by atoms with van der Waals surface area (Å²) in [7, 11) is 0. The molecule has 7 nitrogen and oxygen atoms in total. The summed E-state index contributed by atoms with van der Waals surface area (Å²) in [5.41, 5.74) is 2.79. The molecular weight excluding hydrogens is 418 g/mol. The van der Waals surface area contributed by atoms with Crippen molar-refractivity contribution >= 4 is 17.6 Å². The Morgan fingerprint density at radius 2 is 1.61 bits per heavy atom. The second-order valence-corrected chi connectivity index (χ2v) is 8.22. The summed E-state index contributed by atoms with van der Waals surface area (Å²) >= 11 is 0. The van der Waals surface area contributed by atoms with Crippen LogP contribution < -0.4 is 25.0 Å². The number of anilines is 1. The molecular formula is C26H25N3O4. The maximum Gasteiger partial charge on any atom is 0.315 e. The van der Waals surface area contributed by atoms with Crippen LogP contribution in [0.1, 0.15) is 23.6 Å². The third-order valence-corrected chi connectivity index (χ3v) is 5.97. The van der Waals surface area contributed by atoms with Crippen molar-refractivity contribution in [2.45, 2.75) is 12.5 Å². The molecule has 1 saturated heterocycles. The lowest BCUT2D eigenvalue weighted by atomic mass is 9.99. The molecule has 3 aromatic carbocycles. The molecule has 3 aromatic rings. The Hall–Kier alpha value is -4.00. The van der Waals surface area contributed by atoms with Crippen molar-refractivity contribution in [1.29, 1.82) is 0 Å². The minimum Gasteiger partial charge on any atom is -0.454 e. The summed E-state index contributed by atoms with van der Waals surface area (Å²) in [4.78, 5) is 27.1. The predicted molar refractivity (Wildman–Crippen MR) is 124 cm³/mol. The maximum absolute atomic E-state index is 12.8. The van der Waals surface area contributed by atoms with Gasteiger partial charge in [0.25, 0.3) is 0 Å². The van der Waals surface area contributed by atoms with Crippen LogP contribution in [0.25, 0.3) is 0 Å². The summed E-state index contributed by atoms with van der Waals surface area (Å²) in [5.74, 6) is 1.40. The van der Waals surface area contributed by atoms with Gasteiger partial charge in [-0.05, 0) is 23.3 Å². The number of benzene rings is 3. The van der Waals surface area contributed by atoms with E-state index in [0.717, 1.165) is 16.8 Å². The van der Waals surface area contributed by atoms with Crippen molar-refractivity contribution in [3.63, 3.8) is 0 Å². The van der Waals surface area contributed by atoms with Crippen molar-refractivity contribution in [1.82, 2.24) is 10.6 Å². The molecule has 1 unspecified atom stereocenters. The van der Waals surface area contributed by atoms with E-state index in [1.807, 2.05) is 78.9 Å². The lowest BCUT2D eigenvalue weighted by Gasteiger charge is -2.21. The van der Waals surface area contributed by atoms with Gasteiger partial charge in [0.1, 0.15) is 0 Å². The average molecular weight is 444 g/mol. The van der Waals surface area contributed by atoms with Crippen LogP contribution in [-0.4, -0.2) is 31.8 Å². The van der Waals surface area contributed by atoms with Crippen LogP contribution in [0, 0.1) is 5.92 Å². The minimum atomic E-state index is -0.262.